The highest BCUT2D eigenvalue weighted by Crippen LogP contribution is 2.25. The summed E-state index contributed by atoms with van der Waals surface area (Å²) in [6.45, 7) is 0.647. The van der Waals surface area contributed by atoms with E-state index in [1.807, 2.05) is 16.7 Å². The molecule has 0 saturated carbocycles. The van der Waals surface area contributed by atoms with Crippen LogP contribution in [0, 0.1) is 5.82 Å². The summed E-state index contributed by atoms with van der Waals surface area (Å²) in [5, 5.41) is 0.0718. The van der Waals surface area contributed by atoms with Crippen molar-refractivity contribution in [3.63, 3.8) is 0 Å². The molecule has 0 aliphatic rings. The van der Waals surface area contributed by atoms with Gasteiger partial charge in [0.2, 0.25) is 5.95 Å². The van der Waals surface area contributed by atoms with Gasteiger partial charge in [0, 0.05) is 25.0 Å². The molecule has 0 aliphatic carbocycles. The molecule has 2 heterocycles. The Labute approximate surface area is 120 Å². The highest BCUT2D eigenvalue weighted by Gasteiger charge is 2.11. The molecule has 2 N–H and O–H groups in total. The second-order valence-electron chi connectivity index (χ2n) is 4.48. The minimum absolute atomic E-state index is 0.0718. The number of anilines is 1. The van der Waals surface area contributed by atoms with E-state index in [2.05, 4.69) is 9.97 Å². The van der Waals surface area contributed by atoms with E-state index >= 15 is 0 Å². The van der Waals surface area contributed by atoms with Gasteiger partial charge in [-0.3, -0.25) is 4.98 Å². The molecule has 0 saturated heterocycles. The normalized spacial score (nSPS) is 11.1. The van der Waals surface area contributed by atoms with Gasteiger partial charge in [-0.05, 0) is 30.2 Å². The standard InChI is InChI=1S/C14H12ClFN4/c15-10-7-13-12(8-11(10)16)19-14(17)20(13)6-3-9-1-4-18-5-2-9/h1-2,4-5,7-8H,3,6H2,(H2,17,19). The first-order chi connectivity index (χ1) is 9.65. The van der Waals surface area contributed by atoms with E-state index < -0.39 is 5.82 Å². The third-order valence-corrected chi connectivity index (χ3v) is 3.48. The maximum absolute atomic E-state index is 13.4. The SMILES string of the molecule is Nc1nc2cc(F)c(Cl)cc2n1CCc1ccncc1. The summed E-state index contributed by atoms with van der Waals surface area (Å²) in [5.74, 6) is -0.131. The van der Waals surface area contributed by atoms with Crippen LogP contribution >= 0.6 is 11.6 Å². The molecule has 1 aromatic carbocycles. The summed E-state index contributed by atoms with van der Waals surface area (Å²) in [7, 11) is 0. The molecular weight excluding hydrogens is 279 g/mol. The van der Waals surface area contributed by atoms with Crippen molar-refractivity contribution in [2.75, 3.05) is 5.73 Å². The molecule has 6 heteroatoms. The molecule has 0 fully saturated rings. The summed E-state index contributed by atoms with van der Waals surface area (Å²) in [6, 6.07) is 6.75. The number of rotatable bonds is 3. The van der Waals surface area contributed by atoms with Gasteiger partial charge in [0.15, 0.2) is 0 Å². The Morgan fingerprint density at radius 1 is 1.25 bits per heavy atom. The summed E-state index contributed by atoms with van der Waals surface area (Å²) in [6.07, 6.45) is 4.28. The first-order valence-corrected chi connectivity index (χ1v) is 6.52. The predicted octanol–water partition coefficient (Wildman–Crippen LogP) is 3.05. The van der Waals surface area contributed by atoms with Gasteiger partial charge in [0.05, 0.1) is 16.1 Å². The zero-order valence-corrected chi connectivity index (χ0v) is 11.3. The molecular formula is C14H12ClFN4. The lowest BCUT2D eigenvalue weighted by Gasteiger charge is -2.06. The minimum Gasteiger partial charge on any atom is -0.369 e. The molecule has 0 unspecified atom stereocenters. The number of imidazole rings is 1. The number of nitrogens with zero attached hydrogens (tertiary/aromatic N) is 3. The monoisotopic (exact) mass is 290 g/mol. The Morgan fingerprint density at radius 2 is 2.00 bits per heavy atom. The molecule has 0 bridgehead atoms. The van der Waals surface area contributed by atoms with E-state index in [4.69, 9.17) is 17.3 Å². The van der Waals surface area contributed by atoms with Crippen molar-refractivity contribution in [3.8, 4) is 0 Å². The quantitative estimate of drug-likeness (QED) is 0.806. The lowest BCUT2D eigenvalue weighted by molar-refractivity contribution is 0.629. The minimum atomic E-state index is -0.488. The molecule has 0 atom stereocenters. The van der Waals surface area contributed by atoms with Crippen molar-refractivity contribution >= 4 is 28.6 Å². The van der Waals surface area contributed by atoms with Crippen LogP contribution in [0.5, 0.6) is 0 Å². The predicted molar refractivity (Wildman–Crippen MR) is 77.1 cm³/mol. The van der Waals surface area contributed by atoms with Crippen molar-refractivity contribution < 1.29 is 4.39 Å². The lowest BCUT2D eigenvalue weighted by atomic mass is 10.2. The fraction of sp³-hybridized carbons (Fsp3) is 0.143. The van der Waals surface area contributed by atoms with E-state index in [0.29, 0.717) is 18.0 Å². The number of nitrogen functional groups attached to an aromatic ring is 1. The number of halogens is 2. The van der Waals surface area contributed by atoms with Crippen LogP contribution < -0.4 is 5.73 Å². The van der Waals surface area contributed by atoms with Crippen LogP contribution in [0.1, 0.15) is 5.56 Å². The van der Waals surface area contributed by atoms with Gasteiger partial charge in [-0.25, -0.2) is 9.37 Å². The largest absolute Gasteiger partial charge is 0.369 e. The van der Waals surface area contributed by atoms with Gasteiger partial charge in [0.25, 0.3) is 0 Å². The highest BCUT2D eigenvalue weighted by atomic mass is 35.5. The first-order valence-electron chi connectivity index (χ1n) is 6.15. The number of hydrogen-bond acceptors (Lipinski definition) is 3. The summed E-state index contributed by atoms with van der Waals surface area (Å²) >= 11 is 5.82. The van der Waals surface area contributed by atoms with Crippen LogP contribution in [0.2, 0.25) is 5.02 Å². The van der Waals surface area contributed by atoms with Gasteiger partial charge in [-0.15, -0.1) is 0 Å². The fourth-order valence-electron chi connectivity index (χ4n) is 2.16. The van der Waals surface area contributed by atoms with Gasteiger partial charge < -0.3 is 10.3 Å². The van der Waals surface area contributed by atoms with Gasteiger partial charge in [0.1, 0.15) is 5.82 Å². The third-order valence-electron chi connectivity index (χ3n) is 3.19. The molecule has 4 nitrogen and oxygen atoms in total. The topological polar surface area (TPSA) is 56.7 Å². The Hall–Kier alpha value is -2.14. The maximum atomic E-state index is 13.4. The summed E-state index contributed by atoms with van der Waals surface area (Å²) in [4.78, 5) is 8.13. The van der Waals surface area contributed by atoms with Crippen LogP contribution in [-0.2, 0) is 13.0 Å². The Bertz CT molecular complexity index is 755. The van der Waals surface area contributed by atoms with Crippen molar-refractivity contribution in [2.24, 2.45) is 0 Å². The molecule has 2 aromatic heterocycles. The zero-order valence-electron chi connectivity index (χ0n) is 10.6. The van der Waals surface area contributed by atoms with Crippen LogP contribution in [0.4, 0.5) is 10.3 Å². The molecule has 3 aromatic rings. The molecule has 102 valence electrons. The van der Waals surface area contributed by atoms with Gasteiger partial charge >= 0.3 is 0 Å². The molecule has 0 spiro atoms. The Morgan fingerprint density at radius 3 is 2.75 bits per heavy atom. The second kappa shape index (κ2) is 5.09. The van der Waals surface area contributed by atoms with E-state index in [1.165, 1.54) is 6.07 Å². The van der Waals surface area contributed by atoms with Crippen LogP contribution in [0.15, 0.2) is 36.7 Å². The number of nitrogens with two attached hydrogens (primary N) is 1. The van der Waals surface area contributed by atoms with E-state index in [-0.39, 0.29) is 5.02 Å². The highest BCUT2D eigenvalue weighted by molar-refractivity contribution is 6.31. The Balaban J connectivity index is 1.95. The van der Waals surface area contributed by atoms with Crippen molar-refractivity contribution in [2.45, 2.75) is 13.0 Å². The Kier molecular flexibility index (Phi) is 3.28. The molecule has 0 amide bonds. The van der Waals surface area contributed by atoms with Crippen molar-refractivity contribution in [3.05, 3.63) is 53.1 Å². The fourth-order valence-corrected chi connectivity index (χ4v) is 2.32. The number of aromatic nitrogens is 3. The number of fused-ring (bicyclic) bond motifs is 1. The third kappa shape index (κ3) is 2.32. The first kappa shape index (κ1) is 12.9. The zero-order chi connectivity index (χ0) is 14.1. The average Bonchev–Trinajstić information content (AvgIpc) is 2.73. The smallest absolute Gasteiger partial charge is 0.201 e. The number of aryl methyl sites for hydroxylation is 2. The number of pyridine rings is 1. The van der Waals surface area contributed by atoms with E-state index in [1.54, 1.807) is 18.5 Å². The average molecular weight is 291 g/mol. The molecule has 0 radical (unpaired) electrons. The lowest BCUT2D eigenvalue weighted by Crippen LogP contribution is -2.05. The number of benzene rings is 1. The van der Waals surface area contributed by atoms with Gasteiger partial charge in [-0.1, -0.05) is 11.6 Å². The summed E-state index contributed by atoms with van der Waals surface area (Å²) < 4.78 is 15.2. The van der Waals surface area contributed by atoms with Crippen LogP contribution in [-0.4, -0.2) is 14.5 Å². The van der Waals surface area contributed by atoms with Crippen LogP contribution in [0.3, 0.4) is 0 Å². The van der Waals surface area contributed by atoms with E-state index in [0.717, 1.165) is 17.5 Å². The number of hydrogen-bond donors (Lipinski definition) is 1. The molecule has 3 rings (SSSR count). The molecule has 0 aliphatic heterocycles. The molecule has 20 heavy (non-hydrogen) atoms. The van der Waals surface area contributed by atoms with Crippen molar-refractivity contribution in [1.82, 2.24) is 14.5 Å². The summed E-state index contributed by atoms with van der Waals surface area (Å²) in [5.41, 5.74) is 8.29. The van der Waals surface area contributed by atoms with E-state index in [9.17, 15) is 4.39 Å². The van der Waals surface area contributed by atoms with Crippen molar-refractivity contribution in [1.29, 1.82) is 0 Å². The maximum Gasteiger partial charge on any atom is 0.201 e. The van der Waals surface area contributed by atoms with Crippen LogP contribution in [0.25, 0.3) is 11.0 Å². The van der Waals surface area contributed by atoms with Gasteiger partial charge in [-0.2, -0.15) is 0 Å². The second-order valence-corrected chi connectivity index (χ2v) is 4.89.